The molecular weight excluding hydrogens is 290 g/mol. The molecule has 2 aromatic carbocycles. The summed E-state index contributed by atoms with van der Waals surface area (Å²) >= 11 is 0. The fourth-order valence-electron chi connectivity index (χ4n) is 2.96. The molecule has 4 rings (SSSR count). The Balaban J connectivity index is 1.84. The number of rotatable bonds is 2. The van der Waals surface area contributed by atoms with Crippen molar-refractivity contribution in [1.82, 2.24) is 4.98 Å². The Morgan fingerprint density at radius 1 is 1.13 bits per heavy atom. The Bertz CT molecular complexity index is 966. The molecule has 2 heterocycles. The number of hydrogen-bond acceptors (Lipinski definition) is 3. The summed E-state index contributed by atoms with van der Waals surface area (Å²) < 4.78 is 11.1. The van der Waals surface area contributed by atoms with Crippen molar-refractivity contribution in [2.75, 3.05) is 7.11 Å². The van der Waals surface area contributed by atoms with Gasteiger partial charge in [-0.3, -0.25) is 4.79 Å². The van der Waals surface area contributed by atoms with Crippen molar-refractivity contribution < 1.29 is 14.3 Å². The Morgan fingerprint density at radius 2 is 1.96 bits per heavy atom. The second-order valence-electron chi connectivity index (χ2n) is 5.49. The normalized spacial score (nSPS) is 15.0. The number of fused-ring (bicyclic) bond motifs is 2. The zero-order valence-corrected chi connectivity index (χ0v) is 12.8. The molecule has 1 aromatic heterocycles. The van der Waals surface area contributed by atoms with E-state index >= 15 is 0 Å². The first kappa shape index (κ1) is 13.6. The van der Waals surface area contributed by atoms with E-state index in [-0.39, 0.29) is 5.78 Å². The number of aromatic amines is 1. The molecule has 3 aromatic rings. The monoisotopic (exact) mass is 305 g/mol. The van der Waals surface area contributed by atoms with Crippen LogP contribution in [0.1, 0.15) is 21.6 Å². The van der Waals surface area contributed by atoms with Gasteiger partial charge in [-0.25, -0.2) is 0 Å². The van der Waals surface area contributed by atoms with E-state index in [0.717, 1.165) is 22.2 Å². The van der Waals surface area contributed by atoms with Gasteiger partial charge in [0.2, 0.25) is 5.78 Å². The topological polar surface area (TPSA) is 51.3 Å². The van der Waals surface area contributed by atoms with Gasteiger partial charge >= 0.3 is 0 Å². The summed E-state index contributed by atoms with van der Waals surface area (Å²) in [4.78, 5) is 15.9. The van der Waals surface area contributed by atoms with Crippen LogP contribution in [0.25, 0.3) is 17.0 Å². The van der Waals surface area contributed by atoms with Crippen LogP contribution in [0.5, 0.6) is 11.5 Å². The molecule has 0 bridgehead atoms. The molecule has 0 unspecified atom stereocenters. The first-order valence-corrected chi connectivity index (χ1v) is 7.37. The van der Waals surface area contributed by atoms with Crippen LogP contribution in [-0.2, 0) is 0 Å². The first-order chi connectivity index (χ1) is 11.2. The summed E-state index contributed by atoms with van der Waals surface area (Å²) in [5.41, 5.74) is 3.54. The van der Waals surface area contributed by atoms with Crippen LogP contribution in [0.4, 0.5) is 0 Å². The number of methoxy groups -OCH3 is 1. The lowest BCUT2D eigenvalue weighted by Crippen LogP contribution is -1.98. The number of para-hydroxylation sites is 2. The van der Waals surface area contributed by atoms with Gasteiger partial charge in [-0.15, -0.1) is 0 Å². The van der Waals surface area contributed by atoms with Crippen molar-refractivity contribution in [3.63, 3.8) is 0 Å². The predicted octanol–water partition coefficient (Wildman–Crippen LogP) is 4.10. The molecule has 0 atom stereocenters. The quantitative estimate of drug-likeness (QED) is 0.725. The molecule has 0 saturated heterocycles. The van der Waals surface area contributed by atoms with E-state index in [9.17, 15) is 4.79 Å². The molecule has 1 aliphatic heterocycles. The Labute approximate surface area is 133 Å². The van der Waals surface area contributed by atoms with Crippen molar-refractivity contribution in [1.29, 1.82) is 0 Å². The maximum absolute atomic E-state index is 12.6. The SMILES string of the molecule is COc1cccc2c1OC(=Cc1c(C)[nH]c3ccccc13)C2=O. The van der Waals surface area contributed by atoms with Gasteiger partial charge in [0.1, 0.15) is 0 Å². The van der Waals surface area contributed by atoms with E-state index in [1.54, 1.807) is 31.4 Å². The average molecular weight is 305 g/mol. The van der Waals surface area contributed by atoms with Gasteiger partial charge < -0.3 is 14.5 Å². The number of ketones is 1. The third-order valence-corrected chi connectivity index (χ3v) is 4.10. The maximum atomic E-state index is 12.6. The smallest absolute Gasteiger partial charge is 0.232 e. The lowest BCUT2D eigenvalue weighted by Gasteiger charge is -2.04. The maximum Gasteiger partial charge on any atom is 0.232 e. The van der Waals surface area contributed by atoms with Gasteiger partial charge in [0.15, 0.2) is 17.3 Å². The van der Waals surface area contributed by atoms with Gasteiger partial charge in [0, 0.05) is 22.2 Å². The number of nitrogens with one attached hydrogen (secondary N) is 1. The van der Waals surface area contributed by atoms with Crippen LogP contribution in [0.3, 0.4) is 0 Å². The molecule has 114 valence electrons. The summed E-state index contributed by atoms with van der Waals surface area (Å²) in [6, 6.07) is 13.3. The minimum atomic E-state index is -0.122. The van der Waals surface area contributed by atoms with E-state index in [2.05, 4.69) is 4.98 Å². The molecule has 1 N–H and O–H groups in total. The summed E-state index contributed by atoms with van der Waals surface area (Å²) in [5, 5.41) is 1.07. The Kier molecular flexibility index (Phi) is 2.98. The number of aryl methyl sites for hydroxylation is 1. The van der Waals surface area contributed by atoms with E-state index in [1.165, 1.54) is 0 Å². The lowest BCUT2D eigenvalue weighted by atomic mass is 10.1. The van der Waals surface area contributed by atoms with E-state index < -0.39 is 0 Å². The van der Waals surface area contributed by atoms with E-state index in [0.29, 0.717) is 22.8 Å². The molecule has 0 amide bonds. The summed E-state index contributed by atoms with van der Waals surface area (Å²) in [7, 11) is 1.56. The molecule has 4 nitrogen and oxygen atoms in total. The number of ether oxygens (including phenoxy) is 2. The second-order valence-corrected chi connectivity index (χ2v) is 5.49. The molecule has 0 saturated carbocycles. The van der Waals surface area contributed by atoms with Crippen molar-refractivity contribution >= 4 is 22.8 Å². The molecule has 0 radical (unpaired) electrons. The highest BCUT2D eigenvalue weighted by atomic mass is 16.5. The van der Waals surface area contributed by atoms with Crippen LogP contribution >= 0.6 is 0 Å². The standard InChI is InChI=1S/C19H15NO3/c1-11-14(12-6-3-4-8-15(12)20-11)10-17-18(21)13-7-5-9-16(22-2)19(13)23-17/h3-10,20H,1-2H3. The number of aromatic nitrogens is 1. The number of carbonyl (C=O) groups is 1. The molecular formula is C19H15NO3. The minimum absolute atomic E-state index is 0.122. The molecule has 23 heavy (non-hydrogen) atoms. The third kappa shape index (κ3) is 2.03. The number of benzene rings is 2. The number of allylic oxidation sites excluding steroid dienone is 1. The van der Waals surface area contributed by atoms with Gasteiger partial charge in [0.25, 0.3) is 0 Å². The number of H-pyrrole nitrogens is 1. The van der Waals surface area contributed by atoms with E-state index in [4.69, 9.17) is 9.47 Å². The molecule has 4 heteroatoms. The van der Waals surface area contributed by atoms with Gasteiger partial charge in [0.05, 0.1) is 12.7 Å². The van der Waals surface area contributed by atoms with Crippen molar-refractivity contribution in [2.24, 2.45) is 0 Å². The fourth-order valence-corrected chi connectivity index (χ4v) is 2.96. The van der Waals surface area contributed by atoms with Crippen molar-refractivity contribution in [2.45, 2.75) is 6.92 Å². The molecule has 0 aliphatic carbocycles. The van der Waals surface area contributed by atoms with Crippen LogP contribution in [-0.4, -0.2) is 17.9 Å². The minimum Gasteiger partial charge on any atom is -0.493 e. The zero-order chi connectivity index (χ0) is 16.0. The Morgan fingerprint density at radius 3 is 2.78 bits per heavy atom. The summed E-state index contributed by atoms with van der Waals surface area (Å²) in [6.45, 7) is 1.99. The van der Waals surface area contributed by atoms with Crippen molar-refractivity contribution in [3.8, 4) is 11.5 Å². The number of hydrogen-bond donors (Lipinski definition) is 1. The summed E-state index contributed by atoms with van der Waals surface area (Å²) in [5.74, 6) is 1.25. The van der Waals surface area contributed by atoms with Crippen molar-refractivity contribution in [3.05, 3.63) is 65.0 Å². The lowest BCUT2D eigenvalue weighted by molar-refractivity contribution is 0.101. The van der Waals surface area contributed by atoms with Crippen LogP contribution < -0.4 is 9.47 Å². The van der Waals surface area contributed by atoms with E-state index in [1.807, 2.05) is 31.2 Å². The van der Waals surface area contributed by atoms with Crippen LogP contribution in [0.2, 0.25) is 0 Å². The van der Waals surface area contributed by atoms with Gasteiger partial charge in [-0.2, -0.15) is 0 Å². The highest BCUT2D eigenvalue weighted by molar-refractivity contribution is 6.15. The highest BCUT2D eigenvalue weighted by Gasteiger charge is 2.30. The molecule has 0 fully saturated rings. The summed E-state index contributed by atoms with van der Waals surface area (Å²) in [6.07, 6.45) is 1.80. The molecule has 1 aliphatic rings. The van der Waals surface area contributed by atoms with Crippen LogP contribution in [0, 0.1) is 6.92 Å². The number of Topliss-reactive ketones (excluding diaryl/α,β-unsaturated/α-hetero) is 1. The predicted molar refractivity (Wildman–Crippen MR) is 89.0 cm³/mol. The van der Waals surface area contributed by atoms with Gasteiger partial charge in [-0.05, 0) is 31.2 Å². The van der Waals surface area contributed by atoms with Gasteiger partial charge in [-0.1, -0.05) is 24.3 Å². The largest absolute Gasteiger partial charge is 0.493 e. The molecule has 0 spiro atoms. The van der Waals surface area contributed by atoms with Crippen LogP contribution in [0.15, 0.2) is 48.2 Å². The zero-order valence-electron chi connectivity index (χ0n) is 12.8. The third-order valence-electron chi connectivity index (χ3n) is 4.10. The highest BCUT2D eigenvalue weighted by Crippen LogP contribution is 2.40. The average Bonchev–Trinajstić information content (AvgIpc) is 3.06. The fraction of sp³-hybridized carbons (Fsp3) is 0.105. The first-order valence-electron chi connectivity index (χ1n) is 7.37. The Hall–Kier alpha value is -3.01. The second kappa shape index (κ2) is 5.02. The number of carbonyl (C=O) groups excluding carboxylic acids is 1.